The zero-order valence-electron chi connectivity index (χ0n) is 15.9. The number of amides is 1. The number of aryl methyl sites for hydroxylation is 1. The number of fused-ring (bicyclic) bond motifs is 1. The largest absolute Gasteiger partial charge is 0.345 e. The first-order chi connectivity index (χ1) is 13.6. The van der Waals surface area contributed by atoms with Gasteiger partial charge in [0.2, 0.25) is 0 Å². The van der Waals surface area contributed by atoms with Gasteiger partial charge >= 0.3 is 0 Å². The van der Waals surface area contributed by atoms with Gasteiger partial charge < -0.3 is 5.32 Å². The van der Waals surface area contributed by atoms with Crippen LogP contribution in [0, 0.1) is 6.92 Å². The second kappa shape index (κ2) is 7.61. The average molecular weight is 367 g/mol. The third kappa shape index (κ3) is 3.62. The molecule has 4 heteroatoms. The Kier molecular flexibility index (Phi) is 4.85. The summed E-state index contributed by atoms with van der Waals surface area (Å²) in [7, 11) is 0. The lowest BCUT2D eigenvalue weighted by Gasteiger charge is -2.16. The van der Waals surface area contributed by atoms with Crippen molar-refractivity contribution in [2.45, 2.75) is 19.9 Å². The minimum absolute atomic E-state index is 0.104. The summed E-state index contributed by atoms with van der Waals surface area (Å²) in [6, 6.07) is 23.5. The van der Waals surface area contributed by atoms with Crippen LogP contribution >= 0.6 is 0 Å². The molecule has 0 aliphatic carbocycles. The van der Waals surface area contributed by atoms with E-state index in [1.807, 2.05) is 80.6 Å². The third-order valence-corrected chi connectivity index (χ3v) is 4.79. The Balaban J connectivity index is 1.73. The van der Waals surface area contributed by atoms with E-state index in [2.05, 4.69) is 21.4 Å². The summed E-state index contributed by atoms with van der Waals surface area (Å²) >= 11 is 0. The van der Waals surface area contributed by atoms with Crippen molar-refractivity contribution in [3.63, 3.8) is 0 Å². The van der Waals surface area contributed by atoms with Gasteiger partial charge in [0.15, 0.2) is 5.65 Å². The molecule has 0 bridgehead atoms. The van der Waals surface area contributed by atoms with E-state index in [9.17, 15) is 4.79 Å². The van der Waals surface area contributed by atoms with Gasteiger partial charge in [0.25, 0.3) is 5.91 Å². The van der Waals surface area contributed by atoms with E-state index in [1.165, 1.54) is 5.56 Å². The van der Waals surface area contributed by atoms with Crippen LogP contribution in [-0.4, -0.2) is 15.9 Å². The fourth-order valence-electron chi connectivity index (χ4n) is 3.30. The summed E-state index contributed by atoms with van der Waals surface area (Å²) in [6.07, 6.45) is 1.70. The quantitative estimate of drug-likeness (QED) is 0.546. The Morgan fingerprint density at radius 2 is 1.79 bits per heavy atom. The van der Waals surface area contributed by atoms with Gasteiger partial charge in [-0.15, -0.1) is 0 Å². The van der Waals surface area contributed by atoms with Gasteiger partial charge in [-0.1, -0.05) is 60.2 Å². The molecule has 1 amide bonds. The number of rotatable bonds is 4. The summed E-state index contributed by atoms with van der Waals surface area (Å²) in [6.45, 7) is 4.04. The number of hydrogen-bond acceptors (Lipinski definition) is 3. The first-order valence-corrected chi connectivity index (χ1v) is 9.30. The lowest BCUT2D eigenvalue weighted by Crippen LogP contribution is -2.27. The Bertz CT molecular complexity index is 1140. The maximum atomic E-state index is 13.1. The number of hydrogen-bond donors (Lipinski definition) is 1. The van der Waals surface area contributed by atoms with E-state index in [0.29, 0.717) is 11.2 Å². The number of benzene rings is 2. The van der Waals surface area contributed by atoms with Gasteiger partial charge in [-0.3, -0.25) is 4.79 Å². The Morgan fingerprint density at radius 3 is 2.57 bits per heavy atom. The average Bonchev–Trinajstić information content (AvgIpc) is 2.73. The highest BCUT2D eigenvalue weighted by Crippen LogP contribution is 2.24. The maximum Gasteiger partial charge on any atom is 0.252 e. The summed E-state index contributed by atoms with van der Waals surface area (Å²) in [5.74, 6) is -0.133. The standard InChI is InChI=1S/C24H21N3O/c1-16-8-6-11-19(14-16)17(2)26-24(28)21-15-22(18-9-4-3-5-10-18)27-23-20(21)12-7-13-25-23/h3-15,17H,1-2H3,(H,26,28). The van der Waals surface area contributed by atoms with E-state index >= 15 is 0 Å². The number of nitrogens with one attached hydrogen (secondary N) is 1. The predicted octanol–water partition coefficient (Wildman–Crippen LogP) is 5.10. The highest BCUT2D eigenvalue weighted by molar-refractivity contribution is 6.06. The van der Waals surface area contributed by atoms with Gasteiger partial charge in [0, 0.05) is 17.1 Å². The predicted molar refractivity (Wildman–Crippen MR) is 112 cm³/mol. The molecule has 28 heavy (non-hydrogen) atoms. The second-order valence-corrected chi connectivity index (χ2v) is 6.90. The second-order valence-electron chi connectivity index (χ2n) is 6.90. The molecule has 2 heterocycles. The van der Waals surface area contributed by atoms with Crippen LogP contribution in [0.3, 0.4) is 0 Å². The first-order valence-electron chi connectivity index (χ1n) is 9.30. The zero-order valence-corrected chi connectivity index (χ0v) is 15.9. The SMILES string of the molecule is Cc1cccc(C(C)NC(=O)c2cc(-c3ccccc3)nc3ncccc23)c1. The highest BCUT2D eigenvalue weighted by atomic mass is 16.1. The molecule has 0 saturated heterocycles. The molecule has 0 aliphatic rings. The molecule has 0 aliphatic heterocycles. The Labute approximate surface area is 164 Å². The molecule has 0 saturated carbocycles. The van der Waals surface area contributed by atoms with E-state index in [1.54, 1.807) is 6.20 Å². The van der Waals surface area contributed by atoms with Crippen LogP contribution in [0.25, 0.3) is 22.3 Å². The molecule has 4 rings (SSSR count). The van der Waals surface area contributed by atoms with E-state index < -0.39 is 0 Å². The summed E-state index contributed by atoms with van der Waals surface area (Å²) < 4.78 is 0. The van der Waals surface area contributed by atoms with Crippen molar-refractivity contribution in [1.82, 2.24) is 15.3 Å². The number of nitrogens with zero attached hydrogens (tertiary/aromatic N) is 2. The van der Waals surface area contributed by atoms with Crippen LogP contribution in [0.2, 0.25) is 0 Å². The number of aromatic nitrogens is 2. The van der Waals surface area contributed by atoms with Crippen molar-refractivity contribution < 1.29 is 4.79 Å². The molecule has 1 N–H and O–H groups in total. The fraction of sp³-hybridized carbons (Fsp3) is 0.125. The Morgan fingerprint density at radius 1 is 0.964 bits per heavy atom. The summed E-state index contributed by atoms with van der Waals surface area (Å²) in [4.78, 5) is 22.2. The fourth-order valence-corrected chi connectivity index (χ4v) is 3.30. The van der Waals surface area contributed by atoms with Crippen LogP contribution in [0.5, 0.6) is 0 Å². The van der Waals surface area contributed by atoms with Gasteiger partial charge in [-0.2, -0.15) is 0 Å². The number of carbonyl (C=O) groups is 1. The molecule has 2 aromatic heterocycles. The van der Waals surface area contributed by atoms with Crippen LogP contribution in [0.15, 0.2) is 79.0 Å². The molecule has 2 aromatic carbocycles. The topological polar surface area (TPSA) is 54.9 Å². The van der Waals surface area contributed by atoms with Crippen molar-refractivity contribution in [3.8, 4) is 11.3 Å². The maximum absolute atomic E-state index is 13.1. The lowest BCUT2D eigenvalue weighted by atomic mass is 10.0. The normalized spacial score (nSPS) is 11.9. The molecule has 1 atom stereocenters. The molecule has 4 aromatic rings. The molecule has 0 fully saturated rings. The van der Waals surface area contributed by atoms with Gasteiger partial charge in [0.05, 0.1) is 17.3 Å². The first kappa shape index (κ1) is 17.9. The minimum atomic E-state index is -0.133. The Hall–Kier alpha value is -3.53. The number of carbonyl (C=O) groups excluding carboxylic acids is 1. The van der Waals surface area contributed by atoms with Crippen LogP contribution in [-0.2, 0) is 0 Å². The van der Waals surface area contributed by atoms with Gasteiger partial charge in [-0.25, -0.2) is 9.97 Å². The van der Waals surface area contributed by atoms with Gasteiger partial charge in [-0.05, 0) is 37.6 Å². The molecular formula is C24H21N3O. The van der Waals surface area contributed by atoms with Crippen LogP contribution < -0.4 is 5.32 Å². The minimum Gasteiger partial charge on any atom is -0.345 e. The van der Waals surface area contributed by atoms with Crippen LogP contribution in [0.1, 0.15) is 34.5 Å². The van der Waals surface area contributed by atoms with Crippen molar-refractivity contribution in [2.75, 3.05) is 0 Å². The summed E-state index contributed by atoms with van der Waals surface area (Å²) in [5.41, 5.74) is 5.08. The van der Waals surface area contributed by atoms with Crippen molar-refractivity contribution in [2.24, 2.45) is 0 Å². The van der Waals surface area contributed by atoms with Crippen molar-refractivity contribution in [1.29, 1.82) is 0 Å². The van der Waals surface area contributed by atoms with E-state index in [-0.39, 0.29) is 11.9 Å². The van der Waals surface area contributed by atoms with Crippen molar-refractivity contribution >= 4 is 16.9 Å². The highest BCUT2D eigenvalue weighted by Gasteiger charge is 2.17. The van der Waals surface area contributed by atoms with Crippen molar-refractivity contribution in [3.05, 3.63) is 95.7 Å². The monoisotopic (exact) mass is 367 g/mol. The lowest BCUT2D eigenvalue weighted by molar-refractivity contribution is 0.0941. The number of pyridine rings is 2. The third-order valence-electron chi connectivity index (χ3n) is 4.79. The molecular weight excluding hydrogens is 346 g/mol. The van der Waals surface area contributed by atoms with Gasteiger partial charge in [0.1, 0.15) is 0 Å². The molecule has 0 radical (unpaired) electrons. The summed E-state index contributed by atoms with van der Waals surface area (Å²) in [5, 5.41) is 3.86. The molecule has 1 unspecified atom stereocenters. The molecule has 4 nitrogen and oxygen atoms in total. The zero-order chi connectivity index (χ0) is 19.5. The van der Waals surface area contributed by atoms with E-state index in [0.717, 1.165) is 22.2 Å². The van der Waals surface area contributed by atoms with Crippen LogP contribution in [0.4, 0.5) is 0 Å². The molecule has 138 valence electrons. The smallest absolute Gasteiger partial charge is 0.252 e. The van der Waals surface area contributed by atoms with E-state index in [4.69, 9.17) is 0 Å². The molecule has 0 spiro atoms.